The first kappa shape index (κ1) is 17.9. The fourth-order valence-corrected chi connectivity index (χ4v) is 2.56. The molecule has 128 valence electrons. The Morgan fingerprint density at radius 2 is 2.00 bits per heavy atom. The molecule has 2 N–H and O–H groups in total. The molecule has 2 rings (SSSR count). The maximum absolute atomic E-state index is 12.0. The molecule has 0 bridgehead atoms. The van der Waals surface area contributed by atoms with Gasteiger partial charge in [-0.2, -0.15) is 0 Å². The standard InChI is InChI=1S/C17H21N3O3S/c1-3-4-9-23-14-7-5-13(6-8-14)16(22)18-11-15(21)20-17-19-10-12(2)24-17/h5-8,10H,3-4,9,11H2,1-2H3,(H,18,22)(H,19,20,21). The third-order valence-electron chi connectivity index (χ3n) is 3.16. The van der Waals surface area contributed by atoms with E-state index in [9.17, 15) is 9.59 Å². The lowest BCUT2D eigenvalue weighted by Gasteiger charge is -2.07. The Labute approximate surface area is 145 Å². The molecule has 0 radical (unpaired) electrons. The molecule has 0 fully saturated rings. The molecule has 0 saturated heterocycles. The summed E-state index contributed by atoms with van der Waals surface area (Å²) in [6.07, 6.45) is 3.75. The van der Waals surface area contributed by atoms with Crippen molar-refractivity contribution in [2.45, 2.75) is 26.7 Å². The Balaban J connectivity index is 1.78. The van der Waals surface area contributed by atoms with E-state index in [1.807, 2.05) is 6.92 Å². The van der Waals surface area contributed by atoms with Crippen molar-refractivity contribution in [1.29, 1.82) is 0 Å². The summed E-state index contributed by atoms with van der Waals surface area (Å²) in [7, 11) is 0. The van der Waals surface area contributed by atoms with Gasteiger partial charge in [0.25, 0.3) is 5.91 Å². The topological polar surface area (TPSA) is 80.3 Å². The molecule has 1 aromatic carbocycles. The van der Waals surface area contributed by atoms with Gasteiger partial charge in [-0.3, -0.25) is 9.59 Å². The fraction of sp³-hybridized carbons (Fsp3) is 0.353. The Hall–Kier alpha value is -2.41. The number of anilines is 1. The summed E-state index contributed by atoms with van der Waals surface area (Å²) in [5.74, 6) is 0.120. The molecule has 0 aliphatic rings. The molecule has 0 aliphatic heterocycles. The van der Waals surface area contributed by atoms with Crippen LogP contribution in [-0.2, 0) is 4.79 Å². The number of nitrogens with zero attached hydrogens (tertiary/aromatic N) is 1. The van der Waals surface area contributed by atoms with Gasteiger partial charge in [0.05, 0.1) is 13.2 Å². The van der Waals surface area contributed by atoms with Gasteiger partial charge in [0, 0.05) is 16.6 Å². The van der Waals surface area contributed by atoms with Crippen LogP contribution in [0.2, 0.25) is 0 Å². The number of carbonyl (C=O) groups is 2. The fourth-order valence-electron chi connectivity index (χ4n) is 1.88. The number of amides is 2. The van der Waals surface area contributed by atoms with Crippen molar-refractivity contribution in [3.63, 3.8) is 0 Å². The van der Waals surface area contributed by atoms with E-state index in [1.54, 1.807) is 30.5 Å². The molecule has 2 amide bonds. The van der Waals surface area contributed by atoms with Crippen molar-refractivity contribution < 1.29 is 14.3 Å². The molecule has 2 aromatic rings. The summed E-state index contributed by atoms with van der Waals surface area (Å²) in [6.45, 7) is 4.57. The molecule has 0 atom stereocenters. The lowest BCUT2D eigenvalue weighted by atomic mass is 10.2. The number of rotatable bonds is 8. The normalized spacial score (nSPS) is 10.2. The number of aryl methyl sites for hydroxylation is 1. The summed E-state index contributed by atoms with van der Waals surface area (Å²) >= 11 is 1.39. The Morgan fingerprint density at radius 1 is 1.25 bits per heavy atom. The second kappa shape index (κ2) is 9.02. The minimum absolute atomic E-state index is 0.105. The molecule has 6 nitrogen and oxygen atoms in total. The minimum Gasteiger partial charge on any atom is -0.494 e. The summed E-state index contributed by atoms with van der Waals surface area (Å²) in [4.78, 5) is 28.9. The number of aromatic nitrogens is 1. The second-order valence-corrected chi connectivity index (χ2v) is 6.47. The Morgan fingerprint density at radius 3 is 2.62 bits per heavy atom. The number of hydrogen-bond donors (Lipinski definition) is 2. The summed E-state index contributed by atoms with van der Waals surface area (Å²) in [5, 5.41) is 5.75. The van der Waals surface area contributed by atoms with Crippen molar-refractivity contribution in [2.24, 2.45) is 0 Å². The van der Waals surface area contributed by atoms with Gasteiger partial charge in [-0.05, 0) is 37.6 Å². The van der Waals surface area contributed by atoms with E-state index in [-0.39, 0.29) is 18.4 Å². The Kier molecular flexibility index (Phi) is 6.74. The highest BCUT2D eigenvalue weighted by atomic mass is 32.1. The monoisotopic (exact) mass is 347 g/mol. The number of carbonyl (C=O) groups excluding carboxylic acids is 2. The number of benzene rings is 1. The van der Waals surface area contributed by atoms with Gasteiger partial charge in [-0.1, -0.05) is 13.3 Å². The van der Waals surface area contributed by atoms with Crippen LogP contribution in [0, 0.1) is 6.92 Å². The smallest absolute Gasteiger partial charge is 0.251 e. The largest absolute Gasteiger partial charge is 0.494 e. The molecule has 0 aliphatic carbocycles. The van der Waals surface area contributed by atoms with E-state index in [1.165, 1.54) is 11.3 Å². The van der Waals surface area contributed by atoms with E-state index < -0.39 is 0 Å². The maximum atomic E-state index is 12.0. The van der Waals surface area contributed by atoms with Gasteiger partial charge in [0.1, 0.15) is 5.75 Å². The first-order chi connectivity index (χ1) is 11.6. The van der Waals surface area contributed by atoms with E-state index in [0.29, 0.717) is 17.3 Å². The van der Waals surface area contributed by atoms with E-state index in [4.69, 9.17) is 4.74 Å². The molecule has 0 saturated carbocycles. The van der Waals surface area contributed by atoms with Gasteiger partial charge in [-0.15, -0.1) is 11.3 Å². The summed E-state index contributed by atoms with van der Waals surface area (Å²) in [6, 6.07) is 6.86. The molecule has 1 aromatic heterocycles. The highest BCUT2D eigenvalue weighted by molar-refractivity contribution is 7.15. The number of hydrogen-bond acceptors (Lipinski definition) is 5. The van der Waals surface area contributed by atoms with Crippen LogP contribution < -0.4 is 15.4 Å². The van der Waals surface area contributed by atoms with E-state index >= 15 is 0 Å². The molecule has 24 heavy (non-hydrogen) atoms. The predicted octanol–water partition coefficient (Wildman–Crippen LogP) is 3.00. The third-order valence-corrected chi connectivity index (χ3v) is 3.99. The zero-order valence-electron chi connectivity index (χ0n) is 13.8. The molecule has 7 heteroatoms. The van der Waals surface area contributed by atoms with Crippen molar-refractivity contribution in [1.82, 2.24) is 10.3 Å². The van der Waals surface area contributed by atoms with Gasteiger partial charge < -0.3 is 15.4 Å². The van der Waals surface area contributed by atoms with Crippen LogP contribution in [0.25, 0.3) is 0 Å². The quantitative estimate of drug-likeness (QED) is 0.720. The SMILES string of the molecule is CCCCOc1ccc(C(=O)NCC(=O)Nc2ncc(C)s2)cc1. The first-order valence-corrected chi connectivity index (χ1v) is 8.63. The van der Waals surface area contributed by atoms with Crippen LogP contribution in [-0.4, -0.2) is 29.9 Å². The second-order valence-electron chi connectivity index (χ2n) is 5.23. The maximum Gasteiger partial charge on any atom is 0.251 e. The number of ether oxygens (including phenoxy) is 1. The van der Waals surface area contributed by atoms with Crippen LogP contribution in [0.3, 0.4) is 0 Å². The zero-order valence-corrected chi connectivity index (χ0v) is 14.6. The number of unbranched alkanes of at least 4 members (excludes halogenated alkanes) is 1. The van der Waals surface area contributed by atoms with Gasteiger partial charge in [0.15, 0.2) is 5.13 Å². The average molecular weight is 347 g/mol. The highest BCUT2D eigenvalue weighted by Gasteiger charge is 2.09. The predicted molar refractivity (Wildman–Crippen MR) is 94.7 cm³/mol. The molecule has 0 unspecified atom stereocenters. The van der Waals surface area contributed by atoms with Crippen molar-refractivity contribution in [2.75, 3.05) is 18.5 Å². The van der Waals surface area contributed by atoms with Gasteiger partial charge in [0.2, 0.25) is 5.91 Å². The van der Waals surface area contributed by atoms with Crippen LogP contribution in [0.15, 0.2) is 30.5 Å². The molecule has 1 heterocycles. The highest BCUT2D eigenvalue weighted by Crippen LogP contribution is 2.16. The lowest BCUT2D eigenvalue weighted by molar-refractivity contribution is -0.115. The summed E-state index contributed by atoms with van der Waals surface area (Å²) < 4.78 is 5.55. The van der Waals surface area contributed by atoms with Crippen LogP contribution in [0.4, 0.5) is 5.13 Å². The molecule has 0 spiro atoms. The first-order valence-electron chi connectivity index (χ1n) is 7.82. The van der Waals surface area contributed by atoms with Crippen molar-refractivity contribution in [3.8, 4) is 5.75 Å². The Bertz CT molecular complexity index is 683. The van der Waals surface area contributed by atoms with Gasteiger partial charge in [-0.25, -0.2) is 4.98 Å². The van der Waals surface area contributed by atoms with E-state index in [0.717, 1.165) is 23.5 Å². The van der Waals surface area contributed by atoms with Crippen LogP contribution in [0.1, 0.15) is 35.0 Å². The third kappa shape index (κ3) is 5.66. The number of nitrogens with one attached hydrogen (secondary N) is 2. The van der Waals surface area contributed by atoms with Crippen molar-refractivity contribution >= 4 is 28.3 Å². The molecular weight excluding hydrogens is 326 g/mol. The van der Waals surface area contributed by atoms with E-state index in [2.05, 4.69) is 22.5 Å². The number of thiazole rings is 1. The minimum atomic E-state index is -0.308. The lowest BCUT2D eigenvalue weighted by Crippen LogP contribution is -2.32. The zero-order chi connectivity index (χ0) is 17.4. The van der Waals surface area contributed by atoms with Gasteiger partial charge >= 0.3 is 0 Å². The molecular formula is C17H21N3O3S. The van der Waals surface area contributed by atoms with Crippen molar-refractivity contribution in [3.05, 3.63) is 40.9 Å². The van der Waals surface area contributed by atoms with Crippen LogP contribution in [0.5, 0.6) is 5.75 Å². The average Bonchev–Trinajstić information content (AvgIpc) is 2.98. The van der Waals surface area contributed by atoms with Crippen LogP contribution >= 0.6 is 11.3 Å². The summed E-state index contributed by atoms with van der Waals surface area (Å²) in [5.41, 5.74) is 0.482.